The molecule has 2 amide bonds. The van der Waals surface area contributed by atoms with Crippen LogP contribution in [0.2, 0.25) is 0 Å². The van der Waals surface area contributed by atoms with Gasteiger partial charge in [-0.25, -0.2) is 4.79 Å². The van der Waals surface area contributed by atoms with Crippen molar-refractivity contribution in [2.24, 2.45) is 0 Å². The Bertz CT molecular complexity index is 320. The largest absolute Gasteiger partial charge is 0.481 e. The van der Waals surface area contributed by atoms with Crippen LogP contribution in [-0.2, 0) is 4.79 Å². The molecule has 0 aromatic rings. The zero-order chi connectivity index (χ0) is 14.4. The van der Waals surface area contributed by atoms with Crippen molar-refractivity contribution in [1.29, 1.82) is 0 Å². The number of nitrogens with one attached hydrogen (secondary N) is 1. The van der Waals surface area contributed by atoms with Gasteiger partial charge in [-0.15, -0.1) is 0 Å². The summed E-state index contributed by atoms with van der Waals surface area (Å²) in [7, 11) is 2.04. The minimum Gasteiger partial charge on any atom is -0.481 e. The van der Waals surface area contributed by atoms with Gasteiger partial charge in [-0.1, -0.05) is 0 Å². The number of amides is 2. The number of aliphatic carboxylic acids is 1. The average molecular weight is 271 g/mol. The van der Waals surface area contributed by atoms with Gasteiger partial charge in [0, 0.05) is 31.6 Å². The number of carboxylic acids is 1. The summed E-state index contributed by atoms with van der Waals surface area (Å²) in [5.74, 6) is -0.818. The highest BCUT2D eigenvalue weighted by Gasteiger charge is 2.24. The Labute approximate surface area is 114 Å². The second-order valence-electron chi connectivity index (χ2n) is 5.48. The van der Waals surface area contributed by atoms with Crippen molar-refractivity contribution in [2.45, 2.75) is 45.2 Å². The van der Waals surface area contributed by atoms with Crippen LogP contribution >= 0.6 is 0 Å². The van der Waals surface area contributed by atoms with Crippen LogP contribution in [0, 0.1) is 0 Å². The molecule has 1 unspecified atom stereocenters. The normalized spacial score (nSPS) is 19.7. The number of hydrogen-bond donors (Lipinski definition) is 2. The molecule has 0 spiro atoms. The molecule has 1 heterocycles. The van der Waals surface area contributed by atoms with Gasteiger partial charge in [0.2, 0.25) is 0 Å². The van der Waals surface area contributed by atoms with E-state index in [0.717, 1.165) is 19.5 Å². The van der Waals surface area contributed by atoms with Gasteiger partial charge in [0.05, 0.1) is 0 Å². The number of carbonyl (C=O) groups is 2. The lowest BCUT2D eigenvalue weighted by Crippen LogP contribution is -2.48. The number of carboxylic acid groups (broad SMARTS) is 1. The van der Waals surface area contributed by atoms with Crippen molar-refractivity contribution in [3.8, 4) is 0 Å². The molecule has 1 rings (SSSR count). The molecule has 19 heavy (non-hydrogen) atoms. The SMILES string of the molecule is CC(C)N(CCCC(=O)O)C(=O)NC1CCN(C)C1. The van der Waals surface area contributed by atoms with Gasteiger partial charge in [0.25, 0.3) is 0 Å². The Kier molecular flexibility index (Phi) is 6.08. The minimum absolute atomic E-state index is 0.0768. The van der Waals surface area contributed by atoms with Crippen LogP contribution in [0.3, 0.4) is 0 Å². The molecular formula is C13H25N3O3. The Morgan fingerprint density at radius 2 is 2.16 bits per heavy atom. The van der Waals surface area contributed by atoms with E-state index >= 15 is 0 Å². The molecule has 6 nitrogen and oxygen atoms in total. The number of nitrogens with zero attached hydrogens (tertiary/aromatic N) is 2. The third-order valence-electron chi connectivity index (χ3n) is 3.39. The van der Waals surface area contributed by atoms with Gasteiger partial charge < -0.3 is 20.2 Å². The molecule has 0 aromatic heterocycles. The fourth-order valence-electron chi connectivity index (χ4n) is 2.31. The zero-order valence-electron chi connectivity index (χ0n) is 12.1. The summed E-state index contributed by atoms with van der Waals surface area (Å²) in [4.78, 5) is 26.6. The highest BCUT2D eigenvalue weighted by Crippen LogP contribution is 2.08. The monoisotopic (exact) mass is 271 g/mol. The third kappa shape index (κ3) is 5.46. The van der Waals surface area contributed by atoms with Crippen molar-refractivity contribution in [2.75, 3.05) is 26.7 Å². The van der Waals surface area contributed by atoms with Gasteiger partial charge in [-0.2, -0.15) is 0 Å². The molecule has 1 aliphatic heterocycles. The molecule has 0 radical (unpaired) electrons. The first kappa shape index (κ1) is 15.8. The molecule has 110 valence electrons. The summed E-state index contributed by atoms with van der Waals surface area (Å²) < 4.78 is 0. The fraction of sp³-hybridized carbons (Fsp3) is 0.846. The first-order chi connectivity index (χ1) is 8.90. The van der Waals surface area contributed by atoms with E-state index in [1.165, 1.54) is 0 Å². The van der Waals surface area contributed by atoms with E-state index in [0.29, 0.717) is 13.0 Å². The number of likely N-dealkylation sites (N-methyl/N-ethyl adjacent to an activating group) is 1. The summed E-state index contributed by atoms with van der Waals surface area (Å²) in [6.45, 7) is 6.26. The number of hydrogen-bond acceptors (Lipinski definition) is 3. The van der Waals surface area contributed by atoms with Crippen LogP contribution in [0.4, 0.5) is 4.79 Å². The Morgan fingerprint density at radius 3 is 2.63 bits per heavy atom. The highest BCUT2D eigenvalue weighted by molar-refractivity contribution is 5.75. The second-order valence-corrected chi connectivity index (χ2v) is 5.48. The maximum atomic E-state index is 12.2. The average Bonchev–Trinajstić information content (AvgIpc) is 2.69. The van der Waals surface area contributed by atoms with E-state index in [9.17, 15) is 9.59 Å². The van der Waals surface area contributed by atoms with Crippen molar-refractivity contribution >= 4 is 12.0 Å². The van der Waals surface area contributed by atoms with E-state index in [1.54, 1.807) is 4.90 Å². The molecule has 0 bridgehead atoms. The van der Waals surface area contributed by atoms with Crippen LogP contribution in [0.25, 0.3) is 0 Å². The van der Waals surface area contributed by atoms with Gasteiger partial charge in [0.1, 0.15) is 0 Å². The topological polar surface area (TPSA) is 72.9 Å². The summed E-state index contributed by atoms with van der Waals surface area (Å²) in [5.41, 5.74) is 0. The summed E-state index contributed by atoms with van der Waals surface area (Å²) in [5, 5.41) is 11.7. The Morgan fingerprint density at radius 1 is 1.47 bits per heavy atom. The molecule has 0 aromatic carbocycles. The Hall–Kier alpha value is -1.30. The standard InChI is InChI=1S/C13H25N3O3/c1-10(2)16(7-4-5-12(17)18)13(19)14-11-6-8-15(3)9-11/h10-11H,4-9H2,1-3H3,(H,14,19)(H,17,18). The summed E-state index contributed by atoms with van der Waals surface area (Å²) >= 11 is 0. The predicted molar refractivity (Wildman–Crippen MR) is 73.1 cm³/mol. The first-order valence-corrected chi connectivity index (χ1v) is 6.87. The smallest absolute Gasteiger partial charge is 0.317 e. The molecule has 1 atom stereocenters. The number of likely N-dealkylation sites (tertiary alicyclic amines) is 1. The third-order valence-corrected chi connectivity index (χ3v) is 3.39. The minimum atomic E-state index is -0.818. The van der Waals surface area contributed by atoms with Crippen LogP contribution in [0.1, 0.15) is 33.1 Å². The van der Waals surface area contributed by atoms with Crippen LogP contribution in [0.15, 0.2) is 0 Å². The summed E-state index contributed by atoms with van der Waals surface area (Å²) in [6.07, 6.45) is 1.57. The zero-order valence-corrected chi connectivity index (χ0v) is 12.1. The highest BCUT2D eigenvalue weighted by atomic mass is 16.4. The molecule has 1 fully saturated rings. The molecule has 2 N–H and O–H groups in total. The van der Waals surface area contributed by atoms with E-state index in [1.807, 2.05) is 20.9 Å². The number of rotatable bonds is 6. The van der Waals surface area contributed by atoms with E-state index in [-0.39, 0.29) is 24.5 Å². The van der Waals surface area contributed by atoms with Crippen molar-refractivity contribution in [3.05, 3.63) is 0 Å². The number of carbonyl (C=O) groups excluding carboxylic acids is 1. The molecular weight excluding hydrogens is 246 g/mol. The summed E-state index contributed by atoms with van der Waals surface area (Å²) in [6, 6.07) is 0.201. The lowest BCUT2D eigenvalue weighted by molar-refractivity contribution is -0.137. The van der Waals surface area contributed by atoms with Crippen molar-refractivity contribution < 1.29 is 14.7 Å². The maximum absolute atomic E-state index is 12.2. The van der Waals surface area contributed by atoms with E-state index < -0.39 is 5.97 Å². The van der Waals surface area contributed by atoms with E-state index in [2.05, 4.69) is 10.2 Å². The fourth-order valence-corrected chi connectivity index (χ4v) is 2.31. The molecule has 1 saturated heterocycles. The van der Waals surface area contributed by atoms with Crippen LogP contribution in [0.5, 0.6) is 0 Å². The first-order valence-electron chi connectivity index (χ1n) is 6.87. The molecule has 1 aliphatic rings. The van der Waals surface area contributed by atoms with Crippen molar-refractivity contribution in [1.82, 2.24) is 15.1 Å². The molecule has 0 saturated carbocycles. The van der Waals surface area contributed by atoms with Crippen LogP contribution < -0.4 is 5.32 Å². The maximum Gasteiger partial charge on any atom is 0.317 e. The van der Waals surface area contributed by atoms with Gasteiger partial charge in [-0.3, -0.25) is 4.79 Å². The van der Waals surface area contributed by atoms with E-state index in [4.69, 9.17) is 5.11 Å². The number of urea groups is 1. The van der Waals surface area contributed by atoms with Crippen LogP contribution in [-0.4, -0.2) is 65.7 Å². The second kappa shape index (κ2) is 7.33. The lowest BCUT2D eigenvalue weighted by Gasteiger charge is -2.28. The lowest BCUT2D eigenvalue weighted by atomic mass is 10.2. The predicted octanol–water partition coefficient (Wildman–Crippen LogP) is 0.975. The quantitative estimate of drug-likeness (QED) is 0.755. The molecule has 6 heteroatoms. The van der Waals surface area contributed by atoms with Crippen molar-refractivity contribution in [3.63, 3.8) is 0 Å². The molecule has 0 aliphatic carbocycles. The van der Waals surface area contributed by atoms with Gasteiger partial charge in [0.15, 0.2) is 0 Å². The van der Waals surface area contributed by atoms with Gasteiger partial charge in [-0.05, 0) is 40.3 Å². The van der Waals surface area contributed by atoms with Gasteiger partial charge >= 0.3 is 12.0 Å². The Balaban J connectivity index is 2.41.